The van der Waals surface area contributed by atoms with E-state index in [4.69, 9.17) is 14.9 Å². The first-order chi connectivity index (χ1) is 18.8. The number of likely N-dealkylation sites (tertiary alicyclic amines) is 1. The van der Waals surface area contributed by atoms with Gasteiger partial charge in [0.1, 0.15) is 5.60 Å². The maximum atomic E-state index is 12.8. The Bertz CT molecular complexity index is 1430. The number of nitrogens with zero attached hydrogens (tertiary/aromatic N) is 4. The van der Waals surface area contributed by atoms with Gasteiger partial charge in [-0.25, -0.2) is 14.3 Å². The van der Waals surface area contributed by atoms with Crippen molar-refractivity contribution >= 4 is 17.7 Å². The number of carbonyl (C=O) groups is 2. The molecule has 39 heavy (non-hydrogen) atoms. The van der Waals surface area contributed by atoms with Crippen molar-refractivity contribution in [1.82, 2.24) is 14.7 Å². The quantitative estimate of drug-likeness (QED) is 0.469. The van der Waals surface area contributed by atoms with Crippen LogP contribution in [0.3, 0.4) is 0 Å². The van der Waals surface area contributed by atoms with Gasteiger partial charge in [-0.2, -0.15) is 5.10 Å². The fourth-order valence-corrected chi connectivity index (χ4v) is 5.85. The van der Waals surface area contributed by atoms with Gasteiger partial charge in [-0.05, 0) is 42.8 Å². The average Bonchev–Trinajstić information content (AvgIpc) is 3.52. The van der Waals surface area contributed by atoms with Crippen LogP contribution in [0.25, 0.3) is 5.69 Å². The zero-order chi connectivity index (χ0) is 27.0. The van der Waals surface area contributed by atoms with E-state index in [2.05, 4.69) is 54.5 Å². The molecule has 1 amide bonds. The number of aromatic carboxylic acids is 1. The van der Waals surface area contributed by atoms with Gasteiger partial charge in [0.05, 0.1) is 23.5 Å². The summed E-state index contributed by atoms with van der Waals surface area (Å²) in [5.41, 5.74) is 3.49. The van der Waals surface area contributed by atoms with E-state index in [0.29, 0.717) is 12.2 Å². The molecule has 2 aliphatic heterocycles. The second-order valence-electron chi connectivity index (χ2n) is 11.0. The standard InChI is InChI=1S/C31H32N4O4/c1-30(14-6-3-7-15-30)27-24(21-35(32-27)26-8-4-2-5-9-26)20-33-18-16-31(17-19-33)22-34(29(38)39-31)25-12-10-23(11-13-25)28(36)37/h2-14,21H,15-20,22H2,1H3,(H,36,37). The Balaban J connectivity index is 1.17. The highest BCUT2D eigenvalue weighted by molar-refractivity contribution is 5.92. The van der Waals surface area contributed by atoms with Crippen LogP contribution < -0.4 is 4.90 Å². The van der Waals surface area contributed by atoms with E-state index in [9.17, 15) is 9.59 Å². The molecule has 2 aromatic carbocycles. The summed E-state index contributed by atoms with van der Waals surface area (Å²) in [6, 6.07) is 16.6. The molecule has 0 radical (unpaired) electrons. The van der Waals surface area contributed by atoms with E-state index in [0.717, 1.165) is 50.3 Å². The number of piperidine rings is 1. The number of amides is 1. The van der Waals surface area contributed by atoms with Gasteiger partial charge in [-0.15, -0.1) is 0 Å². The summed E-state index contributed by atoms with van der Waals surface area (Å²) in [5, 5.41) is 14.2. The molecule has 3 heterocycles. The summed E-state index contributed by atoms with van der Waals surface area (Å²) in [5.74, 6) is -0.989. The Morgan fingerprint density at radius 3 is 2.44 bits per heavy atom. The summed E-state index contributed by atoms with van der Waals surface area (Å²) in [6.07, 6.45) is 12.8. The molecule has 1 unspecified atom stereocenters. The molecule has 2 fully saturated rings. The number of carboxylic acids is 1. The molecule has 1 aromatic heterocycles. The Morgan fingerprint density at radius 2 is 1.77 bits per heavy atom. The van der Waals surface area contributed by atoms with Crippen molar-refractivity contribution in [3.63, 3.8) is 0 Å². The number of anilines is 1. The van der Waals surface area contributed by atoms with Crippen LogP contribution in [0.15, 0.2) is 85.1 Å². The zero-order valence-electron chi connectivity index (χ0n) is 22.0. The van der Waals surface area contributed by atoms with Gasteiger partial charge >= 0.3 is 12.1 Å². The van der Waals surface area contributed by atoms with Crippen molar-refractivity contribution in [2.75, 3.05) is 24.5 Å². The summed E-state index contributed by atoms with van der Waals surface area (Å²) < 4.78 is 7.93. The summed E-state index contributed by atoms with van der Waals surface area (Å²) >= 11 is 0. The molecule has 1 N–H and O–H groups in total. The first-order valence-electron chi connectivity index (χ1n) is 13.4. The number of ether oxygens (including phenoxy) is 1. The fraction of sp³-hybridized carbons (Fsp3) is 0.323. The monoisotopic (exact) mass is 524 g/mol. The molecule has 3 aromatic rings. The summed E-state index contributed by atoms with van der Waals surface area (Å²) in [4.78, 5) is 28.0. The van der Waals surface area contributed by atoms with Crippen LogP contribution in [-0.2, 0) is 16.7 Å². The third-order valence-corrected chi connectivity index (χ3v) is 8.16. The van der Waals surface area contributed by atoms with Crippen LogP contribution in [0, 0.1) is 0 Å². The highest BCUT2D eigenvalue weighted by Crippen LogP contribution is 2.38. The van der Waals surface area contributed by atoms with Gasteiger partial charge in [0.25, 0.3) is 0 Å². The number of para-hydroxylation sites is 1. The molecule has 1 aliphatic carbocycles. The lowest BCUT2D eigenvalue weighted by atomic mass is 9.79. The Morgan fingerprint density at radius 1 is 1.03 bits per heavy atom. The third kappa shape index (κ3) is 4.88. The maximum absolute atomic E-state index is 12.8. The highest BCUT2D eigenvalue weighted by Gasteiger charge is 2.47. The summed E-state index contributed by atoms with van der Waals surface area (Å²) in [7, 11) is 0. The van der Waals surface area contributed by atoms with Gasteiger partial charge in [0, 0.05) is 55.3 Å². The predicted octanol–water partition coefficient (Wildman–Crippen LogP) is 5.34. The Hall–Kier alpha value is -4.17. The van der Waals surface area contributed by atoms with Crippen LogP contribution in [-0.4, -0.2) is 57.1 Å². The number of carboxylic acid groups (broad SMARTS) is 1. The summed E-state index contributed by atoms with van der Waals surface area (Å²) in [6.45, 7) is 5.11. The van der Waals surface area contributed by atoms with E-state index in [1.165, 1.54) is 17.7 Å². The normalized spacial score (nSPS) is 22.4. The van der Waals surface area contributed by atoms with Crippen LogP contribution in [0.2, 0.25) is 0 Å². The number of hydrogen-bond donors (Lipinski definition) is 1. The van der Waals surface area contributed by atoms with Gasteiger partial charge in [0.15, 0.2) is 0 Å². The zero-order valence-corrected chi connectivity index (χ0v) is 22.0. The number of rotatable bonds is 6. The third-order valence-electron chi connectivity index (χ3n) is 8.16. The van der Waals surface area contributed by atoms with Gasteiger partial charge in [0.2, 0.25) is 0 Å². The molecular formula is C31H32N4O4. The molecule has 200 valence electrons. The molecule has 2 saturated heterocycles. The van der Waals surface area contributed by atoms with E-state index in [1.807, 2.05) is 22.9 Å². The minimum atomic E-state index is -0.989. The first-order valence-corrected chi connectivity index (χ1v) is 13.4. The second kappa shape index (κ2) is 9.85. The van der Waals surface area contributed by atoms with Gasteiger partial charge < -0.3 is 9.84 Å². The predicted molar refractivity (Wildman–Crippen MR) is 148 cm³/mol. The van der Waals surface area contributed by atoms with E-state index in [1.54, 1.807) is 17.0 Å². The molecule has 3 aliphatic rings. The molecule has 1 spiro atoms. The van der Waals surface area contributed by atoms with Crippen molar-refractivity contribution in [1.29, 1.82) is 0 Å². The van der Waals surface area contributed by atoms with Gasteiger partial charge in [-0.1, -0.05) is 49.4 Å². The van der Waals surface area contributed by atoms with E-state index < -0.39 is 11.6 Å². The first kappa shape index (κ1) is 25.1. The number of carbonyl (C=O) groups excluding carboxylic acids is 1. The van der Waals surface area contributed by atoms with Crippen molar-refractivity contribution < 1.29 is 19.4 Å². The lowest BCUT2D eigenvalue weighted by molar-refractivity contribution is -0.00107. The van der Waals surface area contributed by atoms with Crippen LogP contribution >= 0.6 is 0 Å². The minimum absolute atomic E-state index is 0.168. The highest BCUT2D eigenvalue weighted by atomic mass is 16.6. The van der Waals surface area contributed by atoms with Crippen molar-refractivity contribution in [2.45, 2.75) is 43.7 Å². The van der Waals surface area contributed by atoms with Gasteiger partial charge in [-0.3, -0.25) is 9.80 Å². The largest absolute Gasteiger partial charge is 0.478 e. The molecule has 6 rings (SSSR count). The number of hydrogen-bond acceptors (Lipinski definition) is 5. The lowest BCUT2D eigenvalue weighted by Gasteiger charge is -2.37. The topological polar surface area (TPSA) is 87.9 Å². The van der Waals surface area contributed by atoms with Crippen molar-refractivity contribution in [3.8, 4) is 5.69 Å². The Kier molecular flexibility index (Phi) is 6.35. The van der Waals surface area contributed by atoms with E-state index >= 15 is 0 Å². The molecule has 0 saturated carbocycles. The molecular weight excluding hydrogens is 492 g/mol. The second-order valence-corrected chi connectivity index (χ2v) is 11.0. The van der Waals surface area contributed by atoms with Crippen molar-refractivity contribution in [2.24, 2.45) is 0 Å². The number of aromatic nitrogens is 2. The molecule has 0 bridgehead atoms. The SMILES string of the molecule is CC1(c2nn(-c3ccccc3)cc2CN2CCC3(CC2)CN(c2ccc(C(=O)O)cc2)C(=O)O3)C=CC=CC1. The number of allylic oxidation sites excluding steroid dienone is 4. The fourth-order valence-electron chi connectivity index (χ4n) is 5.85. The maximum Gasteiger partial charge on any atom is 0.415 e. The molecule has 8 nitrogen and oxygen atoms in total. The smallest absolute Gasteiger partial charge is 0.415 e. The molecule has 8 heteroatoms. The van der Waals surface area contributed by atoms with E-state index in [-0.39, 0.29) is 17.1 Å². The Labute approximate surface area is 227 Å². The van der Waals surface area contributed by atoms with Crippen LogP contribution in [0.1, 0.15) is 47.8 Å². The molecule has 1 atom stereocenters. The van der Waals surface area contributed by atoms with Crippen molar-refractivity contribution in [3.05, 3.63) is 102 Å². The van der Waals surface area contributed by atoms with Crippen LogP contribution in [0.5, 0.6) is 0 Å². The lowest BCUT2D eigenvalue weighted by Crippen LogP contribution is -2.46. The number of benzene rings is 2. The van der Waals surface area contributed by atoms with Crippen LogP contribution in [0.4, 0.5) is 10.5 Å². The minimum Gasteiger partial charge on any atom is -0.478 e. The average molecular weight is 525 g/mol.